The summed E-state index contributed by atoms with van der Waals surface area (Å²) in [4.78, 5) is 33.6. The Kier molecular flexibility index (Phi) is 8.31. The van der Waals surface area contributed by atoms with Gasteiger partial charge in [0.25, 0.3) is 0 Å². The van der Waals surface area contributed by atoms with E-state index in [1.807, 2.05) is 53.7 Å². The number of piperazine rings is 1. The third-order valence-electron chi connectivity index (χ3n) is 5.75. The van der Waals surface area contributed by atoms with Gasteiger partial charge in [-0.15, -0.1) is 0 Å². The lowest BCUT2D eigenvalue weighted by atomic mass is 9.87. The van der Waals surface area contributed by atoms with Crippen LogP contribution < -0.4 is 0 Å². The van der Waals surface area contributed by atoms with Crippen molar-refractivity contribution in [1.82, 2.24) is 14.8 Å². The first-order chi connectivity index (χ1) is 13.9. The number of carbonyl (C=O) groups excluding carboxylic acids is 2. The van der Waals surface area contributed by atoms with Crippen LogP contribution in [0.3, 0.4) is 0 Å². The number of carbonyl (C=O) groups is 2. The molecule has 0 unspecified atom stereocenters. The molecule has 2 rings (SSSR count). The van der Waals surface area contributed by atoms with Crippen LogP contribution in [-0.2, 0) is 11.2 Å². The average Bonchev–Trinajstić information content (AvgIpc) is 2.67. The number of aliphatic hydroxyl groups is 1. The summed E-state index contributed by atoms with van der Waals surface area (Å²) in [5.74, 6) is 0.349. The molecule has 1 aromatic heterocycles. The highest BCUT2D eigenvalue weighted by Crippen LogP contribution is 2.21. The smallest absolute Gasteiger partial charge is 0.169 e. The normalized spacial score (nSPS) is 19.1. The molecule has 6 heteroatoms. The molecule has 0 bridgehead atoms. The fourth-order valence-corrected chi connectivity index (χ4v) is 3.61. The molecule has 0 radical (unpaired) electrons. The van der Waals surface area contributed by atoms with Crippen LogP contribution in [0.25, 0.3) is 0 Å². The molecular weight excluding hydrogens is 378 g/mol. The number of aryl methyl sites for hydroxylation is 1. The number of rotatable bonds is 8. The van der Waals surface area contributed by atoms with Gasteiger partial charge < -0.3 is 5.11 Å². The van der Waals surface area contributed by atoms with Crippen molar-refractivity contribution in [3.05, 3.63) is 29.6 Å². The molecule has 1 aliphatic rings. The molecule has 0 spiro atoms. The highest BCUT2D eigenvalue weighted by molar-refractivity contribution is 5.99. The number of hydrogen-bond donors (Lipinski definition) is 1. The fraction of sp³-hybridized carbons (Fsp3) is 0.708. The Balaban J connectivity index is 1.82. The summed E-state index contributed by atoms with van der Waals surface area (Å²) in [6.07, 6.45) is 3.46. The summed E-state index contributed by atoms with van der Waals surface area (Å²) in [6, 6.07) is 3.88. The summed E-state index contributed by atoms with van der Waals surface area (Å²) in [7, 11) is 0. The van der Waals surface area contributed by atoms with Gasteiger partial charge in [0.05, 0.1) is 13.2 Å². The fourth-order valence-electron chi connectivity index (χ4n) is 3.61. The first kappa shape index (κ1) is 24.6. The number of nitrogens with zero attached hydrogens (tertiary/aromatic N) is 3. The van der Waals surface area contributed by atoms with Gasteiger partial charge in [0.1, 0.15) is 0 Å². The third kappa shape index (κ3) is 6.96. The van der Waals surface area contributed by atoms with Crippen molar-refractivity contribution in [1.29, 1.82) is 0 Å². The molecule has 1 aliphatic heterocycles. The Morgan fingerprint density at radius 2 is 1.80 bits per heavy atom. The zero-order valence-corrected chi connectivity index (χ0v) is 19.6. The maximum absolute atomic E-state index is 12.3. The Morgan fingerprint density at radius 3 is 2.33 bits per heavy atom. The van der Waals surface area contributed by atoms with Gasteiger partial charge >= 0.3 is 0 Å². The maximum Gasteiger partial charge on any atom is 0.169 e. The zero-order chi connectivity index (χ0) is 22.5. The van der Waals surface area contributed by atoms with Gasteiger partial charge in [-0.05, 0) is 31.5 Å². The molecule has 30 heavy (non-hydrogen) atoms. The molecule has 0 saturated carbocycles. The first-order valence-electron chi connectivity index (χ1n) is 11.0. The first-order valence-corrected chi connectivity index (χ1v) is 11.0. The molecule has 0 aliphatic carbocycles. The van der Waals surface area contributed by atoms with E-state index in [4.69, 9.17) is 0 Å². The van der Waals surface area contributed by atoms with Gasteiger partial charge in [-0.3, -0.25) is 24.4 Å². The topological polar surface area (TPSA) is 73.7 Å². The lowest BCUT2D eigenvalue weighted by Crippen LogP contribution is -2.56. The number of aromatic nitrogens is 1. The van der Waals surface area contributed by atoms with E-state index in [9.17, 15) is 14.7 Å². The Labute approximate surface area is 181 Å². The van der Waals surface area contributed by atoms with E-state index in [-0.39, 0.29) is 29.6 Å². The quantitative estimate of drug-likeness (QED) is 0.656. The monoisotopic (exact) mass is 417 g/mol. The zero-order valence-electron chi connectivity index (χ0n) is 19.6. The second-order valence-electron chi connectivity index (χ2n) is 10.5. The second-order valence-corrected chi connectivity index (χ2v) is 10.5. The third-order valence-corrected chi connectivity index (χ3v) is 5.75. The van der Waals surface area contributed by atoms with Crippen molar-refractivity contribution in [2.24, 2.45) is 10.8 Å². The minimum Gasteiger partial charge on any atom is -0.395 e. The van der Waals surface area contributed by atoms with E-state index in [1.165, 1.54) is 0 Å². The van der Waals surface area contributed by atoms with E-state index in [0.29, 0.717) is 12.1 Å². The molecule has 1 N–H and O–H groups in total. The van der Waals surface area contributed by atoms with Gasteiger partial charge in [0, 0.05) is 54.0 Å². The molecule has 0 amide bonds. The van der Waals surface area contributed by atoms with Gasteiger partial charge in [-0.2, -0.15) is 0 Å². The van der Waals surface area contributed by atoms with E-state index in [2.05, 4.69) is 14.8 Å². The molecule has 1 saturated heterocycles. The van der Waals surface area contributed by atoms with Crippen LogP contribution in [-0.4, -0.2) is 76.8 Å². The van der Waals surface area contributed by atoms with Crippen LogP contribution in [0.4, 0.5) is 0 Å². The number of hydrogen-bond acceptors (Lipinski definition) is 6. The van der Waals surface area contributed by atoms with Gasteiger partial charge in [-0.25, -0.2) is 0 Å². The summed E-state index contributed by atoms with van der Waals surface area (Å²) in [5, 5.41) is 9.84. The minimum absolute atomic E-state index is 0.0614. The van der Waals surface area contributed by atoms with E-state index in [1.54, 1.807) is 6.20 Å². The summed E-state index contributed by atoms with van der Waals surface area (Å²) >= 11 is 0. The van der Waals surface area contributed by atoms with Crippen molar-refractivity contribution in [3.8, 4) is 0 Å². The largest absolute Gasteiger partial charge is 0.395 e. The van der Waals surface area contributed by atoms with Crippen LogP contribution in [0.2, 0.25) is 0 Å². The molecule has 1 atom stereocenters. The predicted octanol–water partition coefficient (Wildman–Crippen LogP) is 2.84. The van der Waals surface area contributed by atoms with Crippen molar-refractivity contribution in [2.75, 3.05) is 39.3 Å². The molecular formula is C24H39N3O3. The van der Waals surface area contributed by atoms with Crippen LogP contribution in [0.5, 0.6) is 0 Å². The van der Waals surface area contributed by atoms with Gasteiger partial charge in [0.15, 0.2) is 11.6 Å². The molecule has 2 heterocycles. The van der Waals surface area contributed by atoms with Crippen molar-refractivity contribution < 1.29 is 14.7 Å². The van der Waals surface area contributed by atoms with Gasteiger partial charge in [0.2, 0.25) is 0 Å². The standard InChI is InChI=1S/C24H39N3O3/c1-23(2,3)21(29)16-26-12-13-27(20(15-26)17-28)11-7-8-19-10-9-18(14-25-19)22(30)24(4,5)6/h9-10,14,20,28H,7-8,11-13,15-17H2,1-6H3/t20-/m1/s1. The lowest BCUT2D eigenvalue weighted by Gasteiger charge is -2.41. The second kappa shape index (κ2) is 10.1. The molecule has 168 valence electrons. The molecule has 1 aromatic rings. The van der Waals surface area contributed by atoms with Crippen LogP contribution in [0.15, 0.2) is 18.3 Å². The number of Topliss-reactive ketones (excluding diaryl/α,β-unsaturated/α-hetero) is 2. The minimum atomic E-state index is -0.401. The SMILES string of the molecule is CC(C)(C)C(=O)CN1CCN(CCCc2ccc(C(=O)C(C)(C)C)cn2)[C@@H](CO)C1. The van der Waals surface area contributed by atoms with Crippen molar-refractivity contribution in [2.45, 2.75) is 60.4 Å². The van der Waals surface area contributed by atoms with Gasteiger partial charge in [-0.1, -0.05) is 41.5 Å². The van der Waals surface area contributed by atoms with Crippen molar-refractivity contribution in [3.63, 3.8) is 0 Å². The Hall–Kier alpha value is -1.63. The average molecular weight is 418 g/mol. The van der Waals surface area contributed by atoms with E-state index >= 15 is 0 Å². The Bertz CT molecular complexity index is 717. The summed E-state index contributed by atoms with van der Waals surface area (Å²) in [6.45, 7) is 15.5. The van der Waals surface area contributed by atoms with Crippen LogP contribution in [0, 0.1) is 10.8 Å². The highest BCUT2D eigenvalue weighted by Gasteiger charge is 2.30. The van der Waals surface area contributed by atoms with Crippen LogP contribution in [0.1, 0.15) is 64.0 Å². The molecule has 6 nitrogen and oxygen atoms in total. The summed E-state index contributed by atoms with van der Waals surface area (Å²) in [5.41, 5.74) is 0.913. The van der Waals surface area contributed by atoms with E-state index in [0.717, 1.165) is 44.7 Å². The predicted molar refractivity (Wildman–Crippen MR) is 120 cm³/mol. The summed E-state index contributed by atoms with van der Waals surface area (Å²) < 4.78 is 0. The van der Waals surface area contributed by atoms with E-state index < -0.39 is 5.41 Å². The number of ketones is 2. The highest BCUT2D eigenvalue weighted by atomic mass is 16.3. The molecule has 0 aromatic carbocycles. The lowest BCUT2D eigenvalue weighted by molar-refractivity contribution is -0.128. The van der Waals surface area contributed by atoms with Crippen LogP contribution >= 0.6 is 0 Å². The number of aliphatic hydroxyl groups excluding tert-OH is 1. The number of pyridine rings is 1. The van der Waals surface area contributed by atoms with Crippen molar-refractivity contribution >= 4 is 11.6 Å². The maximum atomic E-state index is 12.3. The molecule has 1 fully saturated rings. The Morgan fingerprint density at radius 1 is 1.10 bits per heavy atom.